The van der Waals surface area contributed by atoms with E-state index in [0.29, 0.717) is 12.5 Å². The lowest BCUT2D eigenvalue weighted by Crippen LogP contribution is -2.47. The Morgan fingerprint density at radius 3 is 3.05 bits per heavy atom. The van der Waals surface area contributed by atoms with Gasteiger partial charge in [-0.15, -0.1) is 11.3 Å². The van der Waals surface area contributed by atoms with Crippen LogP contribution in [-0.2, 0) is 16.1 Å². The van der Waals surface area contributed by atoms with Crippen LogP contribution in [0, 0.1) is 5.92 Å². The molecule has 2 aliphatic heterocycles. The Hall–Kier alpha value is -0.910. The van der Waals surface area contributed by atoms with Crippen LogP contribution in [0.4, 0.5) is 0 Å². The molecule has 116 valence electrons. The molecule has 0 saturated carbocycles. The molecule has 5 heteroatoms. The number of ether oxygens (including phenoxy) is 1. The maximum absolute atomic E-state index is 12.9. The van der Waals surface area contributed by atoms with E-state index in [1.165, 1.54) is 4.88 Å². The maximum atomic E-state index is 12.9. The molecule has 1 N–H and O–H groups in total. The Morgan fingerprint density at radius 1 is 1.52 bits per heavy atom. The van der Waals surface area contributed by atoms with Crippen LogP contribution in [0.15, 0.2) is 17.5 Å². The van der Waals surface area contributed by atoms with Crippen LogP contribution >= 0.6 is 11.3 Å². The number of hydrogen-bond acceptors (Lipinski definition) is 4. The Morgan fingerprint density at radius 2 is 2.43 bits per heavy atom. The van der Waals surface area contributed by atoms with Crippen LogP contribution in [0.3, 0.4) is 0 Å². The second kappa shape index (κ2) is 6.90. The van der Waals surface area contributed by atoms with E-state index in [-0.39, 0.29) is 18.1 Å². The number of rotatable bonds is 5. The van der Waals surface area contributed by atoms with Crippen molar-refractivity contribution < 1.29 is 9.53 Å². The zero-order valence-electron chi connectivity index (χ0n) is 12.6. The topological polar surface area (TPSA) is 41.6 Å². The summed E-state index contributed by atoms with van der Waals surface area (Å²) in [5.41, 5.74) is 0. The minimum absolute atomic E-state index is 0.0219. The summed E-state index contributed by atoms with van der Waals surface area (Å²) >= 11 is 1.71. The van der Waals surface area contributed by atoms with Gasteiger partial charge in [-0.1, -0.05) is 13.0 Å². The average Bonchev–Trinajstić information content (AvgIpc) is 3.19. The fraction of sp³-hybridized carbons (Fsp3) is 0.688. The predicted molar refractivity (Wildman–Crippen MR) is 84.3 cm³/mol. The van der Waals surface area contributed by atoms with Gasteiger partial charge >= 0.3 is 0 Å². The van der Waals surface area contributed by atoms with Crippen molar-refractivity contribution in [2.45, 2.75) is 44.9 Å². The lowest BCUT2D eigenvalue weighted by molar-refractivity contribution is -0.136. The molecule has 0 aliphatic carbocycles. The van der Waals surface area contributed by atoms with Gasteiger partial charge in [0.25, 0.3) is 0 Å². The first-order chi connectivity index (χ1) is 10.2. The van der Waals surface area contributed by atoms with Crippen molar-refractivity contribution in [3.05, 3.63) is 22.4 Å². The van der Waals surface area contributed by atoms with E-state index < -0.39 is 0 Å². The number of nitrogens with one attached hydrogen (secondary N) is 1. The van der Waals surface area contributed by atoms with E-state index in [1.54, 1.807) is 11.3 Å². The van der Waals surface area contributed by atoms with E-state index in [2.05, 4.69) is 23.7 Å². The second-order valence-electron chi connectivity index (χ2n) is 6.13. The van der Waals surface area contributed by atoms with Crippen LogP contribution in [0.1, 0.15) is 31.1 Å². The van der Waals surface area contributed by atoms with Crippen molar-refractivity contribution in [2.75, 3.05) is 19.7 Å². The molecule has 21 heavy (non-hydrogen) atoms. The number of carbonyl (C=O) groups is 1. The van der Waals surface area contributed by atoms with Gasteiger partial charge in [0.1, 0.15) is 0 Å². The van der Waals surface area contributed by atoms with Crippen molar-refractivity contribution in [2.24, 2.45) is 5.92 Å². The highest BCUT2D eigenvalue weighted by Crippen LogP contribution is 2.21. The van der Waals surface area contributed by atoms with Crippen molar-refractivity contribution in [1.82, 2.24) is 10.2 Å². The highest BCUT2D eigenvalue weighted by molar-refractivity contribution is 7.09. The third-order valence-electron chi connectivity index (χ3n) is 4.49. The lowest BCUT2D eigenvalue weighted by Gasteiger charge is -2.29. The monoisotopic (exact) mass is 308 g/mol. The largest absolute Gasteiger partial charge is 0.376 e. The summed E-state index contributed by atoms with van der Waals surface area (Å²) in [6.07, 6.45) is 3.49. The molecule has 2 aliphatic rings. The maximum Gasteiger partial charge on any atom is 0.240 e. The molecule has 3 rings (SSSR count). The molecule has 3 atom stereocenters. The number of nitrogens with zero attached hydrogens (tertiary/aromatic N) is 1. The van der Waals surface area contributed by atoms with Crippen LogP contribution in [0.25, 0.3) is 0 Å². The molecule has 0 bridgehead atoms. The van der Waals surface area contributed by atoms with Crippen LogP contribution in [0.5, 0.6) is 0 Å². The normalized spacial score (nSPS) is 28.9. The SMILES string of the molecule is CC1CCNC1C(=O)N(Cc1cccs1)CC1CCCO1. The first-order valence-corrected chi connectivity index (χ1v) is 8.78. The van der Waals surface area contributed by atoms with Gasteiger partial charge in [-0.05, 0) is 43.2 Å². The van der Waals surface area contributed by atoms with Crippen LogP contribution in [0.2, 0.25) is 0 Å². The Kier molecular flexibility index (Phi) is 4.93. The van der Waals surface area contributed by atoms with E-state index in [1.807, 2.05) is 11.0 Å². The summed E-state index contributed by atoms with van der Waals surface area (Å²) < 4.78 is 5.73. The molecule has 0 radical (unpaired) electrons. The highest BCUT2D eigenvalue weighted by Gasteiger charge is 2.34. The zero-order chi connectivity index (χ0) is 14.7. The average molecular weight is 308 g/mol. The molecule has 1 aromatic heterocycles. The standard InChI is InChI=1S/C16H24N2O2S/c1-12-6-7-17-15(12)16(19)18(10-13-4-2-8-20-13)11-14-5-3-9-21-14/h3,5,9,12-13,15,17H,2,4,6-8,10-11H2,1H3. The number of carbonyl (C=O) groups excluding carboxylic acids is 1. The summed E-state index contributed by atoms with van der Waals surface area (Å²) in [6, 6.07) is 4.13. The predicted octanol–water partition coefficient (Wildman–Crippen LogP) is 2.25. The second-order valence-corrected chi connectivity index (χ2v) is 7.16. The molecule has 1 aromatic rings. The third-order valence-corrected chi connectivity index (χ3v) is 5.35. The minimum Gasteiger partial charge on any atom is -0.376 e. The number of amides is 1. The quantitative estimate of drug-likeness (QED) is 0.907. The summed E-state index contributed by atoms with van der Waals surface area (Å²) in [5, 5.41) is 5.43. The smallest absolute Gasteiger partial charge is 0.240 e. The number of hydrogen-bond donors (Lipinski definition) is 1. The molecule has 2 saturated heterocycles. The fourth-order valence-corrected chi connectivity index (χ4v) is 3.94. The van der Waals surface area contributed by atoms with Crippen LogP contribution < -0.4 is 5.32 Å². The van der Waals surface area contributed by atoms with Gasteiger partial charge in [-0.2, -0.15) is 0 Å². The molecule has 4 nitrogen and oxygen atoms in total. The van der Waals surface area contributed by atoms with Crippen molar-refractivity contribution in [3.8, 4) is 0 Å². The van der Waals surface area contributed by atoms with Gasteiger partial charge in [0.2, 0.25) is 5.91 Å². The Balaban J connectivity index is 1.69. The van der Waals surface area contributed by atoms with E-state index in [4.69, 9.17) is 4.74 Å². The van der Waals surface area contributed by atoms with Gasteiger partial charge in [0.05, 0.1) is 18.7 Å². The molecule has 0 spiro atoms. The van der Waals surface area contributed by atoms with Crippen molar-refractivity contribution in [1.29, 1.82) is 0 Å². The van der Waals surface area contributed by atoms with Crippen LogP contribution in [-0.4, -0.2) is 42.6 Å². The van der Waals surface area contributed by atoms with Gasteiger partial charge < -0.3 is 15.0 Å². The summed E-state index contributed by atoms with van der Waals surface area (Å²) in [6.45, 7) is 5.38. The first-order valence-electron chi connectivity index (χ1n) is 7.90. The molecule has 3 unspecified atom stereocenters. The van der Waals surface area contributed by atoms with Gasteiger partial charge in [-0.3, -0.25) is 4.79 Å². The molecule has 0 aromatic carbocycles. The van der Waals surface area contributed by atoms with Crippen molar-refractivity contribution in [3.63, 3.8) is 0 Å². The zero-order valence-corrected chi connectivity index (χ0v) is 13.4. The summed E-state index contributed by atoms with van der Waals surface area (Å²) in [5.74, 6) is 0.664. The number of thiophene rings is 1. The summed E-state index contributed by atoms with van der Waals surface area (Å²) in [4.78, 5) is 16.1. The van der Waals surface area contributed by atoms with Crippen molar-refractivity contribution >= 4 is 17.2 Å². The molecular weight excluding hydrogens is 284 g/mol. The van der Waals surface area contributed by atoms with E-state index in [9.17, 15) is 4.79 Å². The van der Waals surface area contributed by atoms with E-state index in [0.717, 1.165) is 39.0 Å². The minimum atomic E-state index is -0.0219. The fourth-order valence-electron chi connectivity index (χ4n) is 3.22. The summed E-state index contributed by atoms with van der Waals surface area (Å²) in [7, 11) is 0. The van der Waals surface area contributed by atoms with Gasteiger partial charge in [0.15, 0.2) is 0 Å². The van der Waals surface area contributed by atoms with Gasteiger partial charge in [-0.25, -0.2) is 0 Å². The molecule has 3 heterocycles. The first kappa shape index (κ1) is 15.0. The Bertz CT molecular complexity index is 457. The van der Waals surface area contributed by atoms with E-state index >= 15 is 0 Å². The Labute approximate surface area is 130 Å². The molecule has 2 fully saturated rings. The van der Waals surface area contributed by atoms with Gasteiger partial charge in [0, 0.05) is 18.0 Å². The molecule has 1 amide bonds. The lowest BCUT2D eigenvalue weighted by atomic mass is 10.0. The highest BCUT2D eigenvalue weighted by atomic mass is 32.1. The molecular formula is C16H24N2O2S. The third kappa shape index (κ3) is 3.65.